The SMILES string of the molecule is CC(=O)Oc1ccccc1C(=O)[O-].NC(=O)CC[C@H](N)C(=O)[O-].O.O.[Al+2]. The monoisotopic (exact) mass is 387 g/mol. The van der Waals surface area contributed by atoms with E-state index < -0.39 is 29.9 Å². The van der Waals surface area contributed by atoms with Gasteiger partial charge in [-0.1, -0.05) is 12.1 Å². The van der Waals surface area contributed by atoms with Crippen molar-refractivity contribution in [1.82, 2.24) is 0 Å². The number of nitrogens with two attached hydrogens (primary N) is 2. The number of esters is 1. The molecule has 0 aromatic heterocycles. The van der Waals surface area contributed by atoms with Gasteiger partial charge in [-0.25, -0.2) is 0 Å². The van der Waals surface area contributed by atoms with Crippen LogP contribution in [0.15, 0.2) is 24.3 Å². The Labute approximate surface area is 159 Å². The van der Waals surface area contributed by atoms with Gasteiger partial charge < -0.3 is 47.0 Å². The van der Waals surface area contributed by atoms with Crippen molar-refractivity contribution in [3.05, 3.63) is 29.8 Å². The van der Waals surface area contributed by atoms with Gasteiger partial charge in [0, 0.05) is 24.9 Å². The second-order valence-corrected chi connectivity index (χ2v) is 4.31. The molecule has 143 valence electrons. The number of para-hydroxylation sites is 1. The molecule has 1 radical (unpaired) electrons. The van der Waals surface area contributed by atoms with Gasteiger partial charge in [-0.05, 0) is 18.6 Å². The molecule has 26 heavy (non-hydrogen) atoms. The molecule has 0 saturated heterocycles. The summed E-state index contributed by atoms with van der Waals surface area (Å²) in [4.78, 5) is 41.1. The fourth-order valence-electron chi connectivity index (χ4n) is 1.29. The maximum absolute atomic E-state index is 10.6. The Morgan fingerprint density at radius 2 is 1.62 bits per heavy atom. The number of carboxylic acids is 2. The molecule has 0 heterocycles. The van der Waals surface area contributed by atoms with Gasteiger partial charge in [0.05, 0.1) is 11.9 Å². The summed E-state index contributed by atoms with van der Waals surface area (Å²) in [6.07, 6.45) is 0.0206. The van der Waals surface area contributed by atoms with Crippen LogP contribution in [0.5, 0.6) is 5.75 Å². The number of amides is 1. The van der Waals surface area contributed by atoms with Crippen LogP contribution in [0.4, 0.5) is 0 Å². The molecule has 0 fully saturated rings. The van der Waals surface area contributed by atoms with Crippen molar-refractivity contribution in [3.63, 3.8) is 0 Å². The fourth-order valence-corrected chi connectivity index (χ4v) is 1.29. The number of carbonyl (C=O) groups is 4. The molecule has 1 aromatic carbocycles. The fraction of sp³-hybridized carbons (Fsp3) is 0.286. The van der Waals surface area contributed by atoms with Crippen LogP contribution in [-0.4, -0.2) is 58.2 Å². The zero-order valence-electron chi connectivity index (χ0n) is 13.9. The molecule has 0 aliphatic heterocycles. The van der Waals surface area contributed by atoms with E-state index in [9.17, 15) is 29.4 Å². The Hall–Kier alpha value is -2.49. The first-order valence-corrected chi connectivity index (χ1v) is 6.38. The number of benzene rings is 1. The van der Waals surface area contributed by atoms with Crippen LogP contribution in [-0.2, 0) is 14.4 Å². The largest absolute Gasteiger partial charge is 2.00 e. The van der Waals surface area contributed by atoms with Crippen LogP contribution in [0.3, 0.4) is 0 Å². The van der Waals surface area contributed by atoms with Gasteiger partial charge in [0.2, 0.25) is 5.91 Å². The summed E-state index contributed by atoms with van der Waals surface area (Å²) < 4.78 is 4.65. The van der Waals surface area contributed by atoms with Crippen molar-refractivity contribution < 1.29 is 45.1 Å². The average molecular weight is 387 g/mol. The minimum Gasteiger partial charge on any atom is -0.548 e. The molecule has 0 saturated carbocycles. The number of aromatic carboxylic acids is 1. The number of hydrogen-bond acceptors (Lipinski definition) is 8. The van der Waals surface area contributed by atoms with Crippen molar-refractivity contribution in [2.75, 3.05) is 0 Å². The molecule has 1 atom stereocenters. The van der Waals surface area contributed by atoms with E-state index in [-0.39, 0.29) is 52.5 Å². The third kappa shape index (κ3) is 13.9. The summed E-state index contributed by atoms with van der Waals surface area (Å²) in [6, 6.07) is 4.72. The van der Waals surface area contributed by atoms with Gasteiger partial charge >= 0.3 is 23.3 Å². The van der Waals surface area contributed by atoms with Gasteiger partial charge in [-0.3, -0.25) is 9.59 Å². The minimum absolute atomic E-state index is 0. The van der Waals surface area contributed by atoms with E-state index in [0.29, 0.717) is 0 Å². The second kappa shape index (κ2) is 16.0. The Morgan fingerprint density at radius 3 is 2.00 bits per heavy atom. The molecule has 0 aliphatic carbocycles. The van der Waals surface area contributed by atoms with Crippen LogP contribution >= 0.6 is 0 Å². The Kier molecular flexibility index (Phi) is 19.3. The standard InChI is InChI=1S/C9H8O4.C5H10N2O3.Al.2H2O/c1-6(10)13-8-5-3-2-4-7(8)9(11)12;6-3(5(9)10)1-2-4(7)8;;;/h2-5H,1H3,(H,11,12);3H,1-2,6H2,(H2,7,8)(H,9,10);;2*1H2/q;;+2;;/p-2/t;3-;;;/m.0.../s1. The van der Waals surface area contributed by atoms with E-state index in [1.807, 2.05) is 0 Å². The molecule has 8 N–H and O–H groups in total. The smallest absolute Gasteiger partial charge is 0.548 e. The van der Waals surface area contributed by atoms with Gasteiger partial charge in [-0.2, -0.15) is 0 Å². The predicted molar refractivity (Wildman–Crippen MR) is 86.5 cm³/mol. The zero-order chi connectivity index (χ0) is 18.0. The molecule has 0 unspecified atom stereocenters. The zero-order valence-corrected chi connectivity index (χ0v) is 15.0. The van der Waals surface area contributed by atoms with Gasteiger partial charge in [0.25, 0.3) is 0 Å². The van der Waals surface area contributed by atoms with E-state index in [4.69, 9.17) is 11.5 Å². The third-order valence-corrected chi connectivity index (χ3v) is 2.37. The van der Waals surface area contributed by atoms with Gasteiger partial charge in [-0.15, -0.1) is 0 Å². The van der Waals surface area contributed by atoms with Crippen LogP contribution in [0.1, 0.15) is 30.1 Å². The second-order valence-electron chi connectivity index (χ2n) is 4.31. The minimum atomic E-state index is -1.36. The maximum Gasteiger partial charge on any atom is 2.00 e. The number of carbonyl (C=O) groups excluding carboxylic acids is 4. The van der Waals surface area contributed by atoms with Gasteiger partial charge in [0.15, 0.2) is 0 Å². The van der Waals surface area contributed by atoms with Crippen LogP contribution in [0.2, 0.25) is 0 Å². The van der Waals surface area contributed by atoms with Crippen LogP contribution in [0, 0.1) is 0 Å². The van der Waals surface area contributed by atoms with Crippen LogP contribution < -0.4 is 26.4 Å². The van der Waals surface area contributed by atoms with Crippen LogP contribution in [0.25, 0.3) is 0 Å². The summed E-state index contributed by atoms with van der Waals surface area (Å²) >= 11 is 0. The molecule has 0 spiro atoms. The van der Waals surface area contributed by atoms with Crippen molar-refractivity contribution in [3.8, 4) is 5.75 Å². The van der Waals surface area contributed by atoms with Crippen molar-refractivity contribution >= 4 is 41.2 Å². The average Bonchev–Trinajstić information content (AvgIpc) is 2.44. The summed E-state index contributed by atoms with van der Waals surface area (Å²) in [5.74, 6) is -3.83. The first kappa shape index (κ1) is 31.3. The number of aliphatic carboxylic acids is 1. The molecular weight excluding hydrogens is 367 g/mol. The maximum atomic E-state index is 10.6. The van der Waals surface area contributed by atoms with E-state index >= 15 is 0 Å². The number of primary amides is 1. The molecule has 1 amide bonds. The first-order valence-electron chi connectivity index (χ1n) is 6.38. The van der Waals surface area contributed by atoms with E-state index in [2.05, 4.69) is 4.74 Å². The molecular formula is C14H20AlN2O9. The summed E-state index contributed by atoms with van der Waals surface area (Å²) in [5, 5.41) is 20.4. The summed E-state index contributed by atoms with van der Waals surface area (Å²) in [7, 11) is 0. The molecule has 0 aliphatic rings. The number of hydrogen-bond donors (Lipinski definition) is 2. The Morgan fingerprint density at radius 1 is 1.12 bits per heavy atom. The topological polar surface area (TPSA) is 239 Å². The molecule has 1 rings (SSSR count). The number of carboxylic acid groups (broad SMARTS) is 2. The van der Waals surface area contributed by atoms with Gasteiger partial charge in [0.1, 0.15) is 5.75 Å². The predicted octanol–water partition coefficient (Wildman–Crippen LogP) is -4.73. The molecule has 11 nitrogen and oxygen atoms in total. The first-order chi connectivity index (χ1) is 10.6. The summed E-state index contributed by atoms with van der Waals surface area (Å²) in [5.41, 5.74) is 9.60. The molecule has 0 bridgehead atoms. The Balaban J connectivity index is -0.000000172. The van der Waals surface area contributed by atoms with E-state index in [0.717, 1.165) is 0 Å². The van der Waals surface area contributed by atoms with Crippen molar-refractivity contribution in [2.24, 2.45) is 11.5 Å². The van der Waals surface area contributed by atoms with E-state index in [1.165, 1.54) is 25.1 Å². The quantitative estimate of drug-likeness (QED) is 0.272. The molecule has 12 heteroatoms. The number of ether oxygens (including phenoxy) is 1. The van der Waals surface area contributed by atoms with Crippen molar-refractivity contribution in [1.29, 1.82) is 0 Å². The Bertz CT molecular complexity index is 596. The summed E-state index contributed by atoms with van der Waals surface area (Å²) in [6.45, 7) is 1.20. The van der Waals surface area contributed by atoms with Crippen molar-refractivity contribution in [2.45, 2.75) is 25.8 Å². The molecule has 1 aromatic rings. The third-order valence-electron chi connectivity index (χ3n) is 2.37. The number of rotatable bonds is 6. The normalized spacial score (nSPS) is 9.46. The van der Waals surface area contributed by atoms with E-state index in [1.54, 1.807) is 6.07 Å².